The van der Waals surface area contributed by atoms with Crippen LogP contribution in [0.25, 0.3) is 5.70 Å². The quantitative estimate of drug-likeness (QED) is 0.213. The smallest absolute Gasteiger partial charge is 0.352 e. The Morgan fingerprint density at radius 2 is 1.63 bits per heavy atom. The lowest BCUT2D eigenvalue weighted by Gasteiger charge is -2.10. The molecule has 0 fully saturated rings. The number of nitrogen functional groups attached to an aromatic ring is 1. The standard InChI is InChI=1S/C18H14Cl3N5O.C5H4N2O4/c1-9(22)16-18(23)26(25-24-16)8-10-6-13(20)15(14(21)7-10)17(27)11-2-4-12(19)5-3-11;8-3-1-2(4(9)10)6-5(11)7-3/h2-7H,1,8,22-23H2;1H,(H,9,10)(H2,6,7,8,11). The van der Waals surface area contributed by atoms with Gasteiger partial charge >= 0.3 is 11.7 Å². The second kappa shape index (κ2) is 11.8. The van der Waals surface area contributed by atoms with Crippen LogP contribution in [0.4, 0.5) is 5.82 Å². The molecule has 0 unspecified atom stereocenters. The predicted molar refractivity (Wildman–Crippen MR) is 143 cm³/mol. The molecule has 0 aliphatic heterocycles. The Morgan fingerprint density at radius 3 is 2.13 bits per heavy atom. The highest BCUT2D eigenvalue weighted by molar-refractivity contribution is 6.41. The van der Waals surface area contributed by atoms with Crippen LogP contribution in [-0.2, 0) is 6.54 Å². The lowest BCUT2D eigenvalue weighted by molar-refractivity contribution is 0.0689. The number of H-pyrrole nitrogens is 2. The SMILES string of the molecule is C=C(N)c1nnn(Cc2cc(Cl)c(C(=O)c3ccc(Cl)cc3)c(Cl)c2)c1N.O=C(O)c1cc(=O)[nH]c(=O)[nH]1. The Bertz CT molecular complexity index is 1610. The number of aromatic nitrogens is 5. The molecule has 15 heteroatoms. The minimum absolute atomic E-state index is 0.215. The minimum Gasteiger partial charge on any atom is -0.477 e. The number of nitrogens with two attached hydrogens (primary N) is 2. The van der Waals surface area contributed by atoms with Crippen LogP contribution in [0.2, 0.25) is 15.1 Å². The summed E-state index contributed by atoms with van der Waals surface area (Å²) in [5.74, 6) is -1.36. The summed E-state index contributed by atoms with van der Waals surface area (Å²) in [5, 5.41) is 17.1. The number of carbonyl (C=O) groups is 2. The van der Waals surface area contributed by atoms with E-state index < -0.39 is 22.9 Å². The van der Waals surface area contributed by atoms with Gasteiger partial charge < -0.3 is 21.6 Å². The maximum Gasteiger partial charge on any atom is 0.352 e. The number of carboxylic acid groups (broad SMARTS) is 1. The number of hydrogen-bond acceptors (Lipinski definition) is 8. The summed E-state index contributed by atoms with van der Waals surface area (Å²) in [7, 11) is 0. The van der Waals surface area contributed by atoms with E-state index in [0.29, 0.717) is 21.8 Å². The summed E-state index contributed by atoms with van der Waals surface area (Å²) < 4.78 is 1.44. The summed E-state index contributed by atoms with van der Waals surface area (Å²) >= 11 is 18.5. The first kappa shape index (κ1) is 28.2. The number of halogens is 3. The summed E-state index contributed by atoms with van der Waals surface area (Å²) in [5.41, 5.74) is 11.5. The number of aromatic amines is 2. The first-order valence-electron chi connectivity index (χ1n) is 10.4. The van der Waals surface area contributed by atoms with E-state index in [-0.39, 0.29) is 39.5 Å². The molecule has 4 rings (SSSR count). The van der Waals surface area contributed by atoms with Crippen molar-refractivity contribution in [2.24, 2.45) is 5.73 Å². The zero-order chi connectivity index (χ0) is 28.1. The Hall–Kier alpha value is -4.39. The summed E-state index contributed by atoms with van der Waals surface area (Å²) in [6, 6.07) is 10.5. The summed E-state index contributed by atoms with van der Waals surface area (Å²) in [4.78, 5) is 47.6. The Kier molecular flexibility index (Phi) is 8.73. The van der Waals surface area contributed by atoms with Crippen LogP contribution < -0.4 is 22.7 Å². The van der Waals surface area contributed by atoms with E-state index in [1.807, 2.05) is 9.97 Å². The molecule has 196 valence electrons. The average Bonchev–Trinajstić information content (AvgIpc) is 3.19. The number of carboxylic acids is 1. The van der Waals surface area contributed by atoms with Crippen molar-refractivity contribution >= 4 is 58.1 Å². The molecule has 0 saturated carbocycles. The molecule has 0 aliphatic rings. The van der Waals surface area contributed by atoms with Crippen molar-refractivity contribution in [3.05, 3.63) is 113 Å². The fraction of sp³-hybridized carbons (Fsp3) is 0.0435. The van der Waals surface area contributed by atoms with E-state index in [4.69, 9.17) is 51.4 Å². The highest BCUT2D eigenvalue weighted by Gasteiger charge is 2.19. The number of benzene rings is 2. The van der Waals surface area contributed by atoms with Gasteiger partial charge in [-0.2, -0.15) is 0 Å². The Labute approximate surface area is 228 Å². The fourth-order valence-electron chi connectivity index (χ4n) is 3.10. The largest absolute Gasteiger partial charge is 0.477 e. The summed E-state index contributed by atoms with van der Waals surface area (Å²) in [6.07, 6.45) is 0. The monoisotopic (exact) mass is 577 g/mol. The second-order valence-electron chi connectivity index (χ2n) is 7.58. The van der Waals surface area contributed by atoms with Crippen LogP contribution in [0.15, 0.2) is 58.6 Å². The molecule has 0 radical (unpaired) electrons. The van der Waals surface area contributed by atoms with Gasteiger partial charge in [-0.25, -0.2) is 14.3 Å². The second-order valence-corrected chi connectivity index (χ2v) is 8.83. The van der Waals surface area contributed by atoms with Crippen LogP contribution in [0.1, 0.15) is 37.7 Å². The number of aromatic carboxylic acids is 1. The van der Waals surface area contributed by atoms with Gasteiger partial charge in [0.25, 0.3) is 5.56 Å². The van der Waals surface area contributed by atoms with Crippen molar-refractivity contribution in [2.75, 3.05) is 5.73 Å². The first-order valence-corrected chi connectivity index (χ1v) is 11.5. The number of hydrogen-bond donors (Lipinski definition) is 5. The zero-order valence-electron chi connectivity index (χ0n) is 19.2. The highest BCUT2D eigenvalue weighted by atomic mass is 35.5. The van der Waals surface area contributed by atoms with Gasteiger partial charge in [0, 0.05) is 16.7 Å². The molecule has 2 heterocycles. The fourth-order valence-corrected chi connectivity index (χ4v) is 3.93. The molecule has 7 N–H and O–H groups in total. The molecule has 0 aliphatic carbocycles. The summed E-state index contributed by atoms with van der Waals surface area (Å²) in [6.45, 7) is 3.84. The molecule has 4 aromatic rings. The van der Waals surface area contributed by atoms with Crippen LogP contribution >= 0.6 is 34.8 Å². The average molecular weight is 579 g/mol. The topological polar surface area (TPSA) is 203 Å². The van der Waals surface area contributed by atoms with Gasteiger partial charge in [0.15, 0.2) is 17.3 Å². The molecular formula is C23H18Cl3N7O5. The Morgan fingerprint density at radius 1 is 1.03 bits per heavy atom. The lowest BCUT2D eigenvalue weighted by atomic mass is 10.0. The molecule has 0 saturated heterocycles. The van der Waals surface area contributed by atoms with E-state index in [9.17, 15) is 19.2 Å². The van der Waals surface area contributed by atoms with Crippen molar-refractivity contribution in [1.29, 1.82) is 0 Å². The molecule has 0 amide bonds. The number of nitrogens with one attached hydrogen (secondary N) is 2. The van der Waals surface area contributed by atoms with Gasteiger partial charge in [-0.05, 0) is 42.0 Å². The number of anilines is 1. The van der Waals surface area contributed by atoms with Gasteiger partial charge in [-0.1, -0.05) is 46.6 Å². The van der Waals surface area contributed by atoms with E-state index in [1.54, 1.807) is 36.4 Å². The van der Waals surface area contributed by atoms with Crippen molar-refractivity contribution in [3.63, 3.8) is 0 Å². The Balaban J connectivity index is 0.000000304. The van der Waals surface area contributed by atoms with Crippen molar-refractivity contribution in [2.45, 2.75) is 6.54 Å². The number of nitrogens with zero attached hydrogens (tertiary/aromatic N) is 3. The zero-order valence-corrected chi connectivity index (χ0v) is 21.4. The first-order chi connectivity index (χ1) is 17.9. The minimum atomic E-state index is -1.34. The van der Waals surface area contributed by atoms with E-state index in [1.165, 1.54) is 4.68 Å². The van der Waals surface area contributed by atoms with Crippen LogP contribution in [0, 0.1) is 0 Å². The van der Waals surface area contributed by atoms with Crippen LogP contribution in [0.3, 0.4) is 0 Å². The van der Waals surface area contributed by atoms with Gasteiger partial charge in [-0.15, -0.1) is 5.10 Å². The molecule has 2 aromatic carbocycles. The highest BCUT2D eigenvalue weighted by Crippen LogP contribution is 2.30. The lowest BCUT2D eigenvalue weighted by Crippen LogP contribution is -2.24. The number of rotatable bonds is 6. The normalized spacial score (nSPS) is 10.4. The van der Waals surface area contributed by atoms with Crippen LogP contribution in [-0.4, -0.2) is 41.8 Å². The van der Waals surface area contributed by atoms with Gasteiger partial charge in [-0.3, -0.25) is 14.6 Å². The third-order valence-electron chi connectivity index (χ3n) is 4.84. The molecule has 0 spiro atoms. The third kappa shape index (κ3) is 6.68. The molecule has 12 nitrogen and oxygen atoms in total. The van der Waals surface area contributed by atoms with Crippen molar-refractivity contribution in [1.82, 2.24) is 25.0 Å². The van der Waals surface area contributed by atoms with Crippen LogP contribution in [0.5, 0.6) is 0 Å². The molecular weight excluding hydrogens is 561 g/mol. The van der Waals surface area contributed by atoms with Gasteiger partial charge in [0.05, 0.1) is 27.9 Å². The van der Waals surface area contributed by atoms with E-state index in [0.717, 1.165) is 6.07 Å². The molecule has 2 aromatic heterocycles. The van der Waals surface area contributed by atoms with Crippen molar-refractivity contribution < 1.29 is 14.7 Å². The van der Waals surface area contributed by atoms with Gasteiger partial charge in [0.1, 0.15) is 5.69 Å². The predicted octanol–water partition coefficient (Wildman–Crippen LogP) is 2.79. The van der Waals surface area contributed by atoms with Gasteiger partial charge in [0.2, 0.25) is 0 Å². The van der Waals surface area contributed by atoms with E-state index in [2.05, 4.69) is 16.9 Å². The third-order valence-corrected chi connectivity index (χ3v) is 5.68. The van der Waals surface area contributed by atoms with E-state index >= 15 is 0 Å². The molecule has 0 atom stereocenters. The number of ketones is 1. The molecule has 0 bridgehead atoms. The number of carbonyl (C=O) groups excluding carboxylic acids is 1. The maximum atomic E-state index is 12.7. The molecule has 38 heavy (non-hydrogen) atoms. The van der Waals surface area contributed by atoms with Crippen molar-refractivity contribution in [3.8, 4) is 0 Å². The maximum absolute atomic E-state index is 12.7.